The molecule has 1 saturated carbocycles. The predicted octanol–water partition coefficient (Wildman–Crippen LogP) is 1.76. The van der Waals surface area contributed by atoms with Gasteiger partial charge in [0.05, 0.1) is 17.8 Å². The summed E-state index contributed by atoms with van der Waals surface area (Å²) in [5.41, 5.74) is 5.35. The number of nitrogens with zero attached hydrogens (tertiary/aromatic N) is 1. The van der Waals surface area contributed by atoms with Crippen LogP contribution in [0.5, 0.6) is 0 Å². The highest BCUT2D eigenvalue weighted by Gasteiger charge is 2.26. The molecule has 0 aliphatic heterocycles. The summed E-state index contributed by atoms with van der Waals surface area (Å²) in [5, 5.41) is 8.84. The molecule has 3 N–H and O–H groups in total. The second-order valence-electron chi connectivity index (χ2n) is 5.00. The maximum Gasteiger partial charge on any atom is 0.335 e. The summed E-state index contributed by atoms with van der Waals surface area (Å²) in [6.45, 7) is -0.0615. The Morgan fingerprint density at radius 3 is 2.50 bits per heavy atom. The first-order valence-corrected chi connectivity index (χ1v) is 6.57. The molecule has 5 nitrogen and oxygen atoms in total. The number of hydrogen-bond acceptors (Lipinski definition) is 3. The summed E-state index contributed by atoms with van der Waals surface area (Å²) in [6.07, 6.45) is 3.84. The Morgan fingerprint density at radius 1 is 1.35 bits per heavy atom. The summed E-state index contributed by atoms with van der Waals surface area (Å²) < 4.78 is 14.1. The second kappa shape index (κ2) is 5.90. The minimum absolute atomic E-state index is 0.0615. The molecule has 0 radical (unpaired) electrons. The molecular weight excluding hydrogens is 263 g/mol. The number of amides is 1. The van der Waals surface area contributed by atoms with Gasteiger partial charge in [0.2, 0.25) is 5.91 Å². The number of carbonyl (C=O) groups is 2. The van der Waals surface area contributed by atoms with E-state index in [0.717, 1.165) is 31.7 Å². The van der Waals surface area contributed by atoms with Crippen molar-refractivity contribution in [3.63, 3.8) is 0 Å². The van der Waals surface area contributed by atoms with Crippen molar-refractivity contribution in [2.24, 2.45) is 5.73 Å². The van der Waals surface area contributed by atoms with Crippen molar-refractivity contribution in [3.8, 4) is 0 Å². The summed E-state index contributed by atoms with van der Waals surface area (Å²) in [5.74, 6) is -2.35. The molecule has 0 saturated heterocycles. The van der Waals surface area contributed by atoms with Gasteiger partial charge in [0, 0.05) is 6.04 Å². The monoisotopic (exact) mass is 280 g/mol. The average Bonchev–Trinajstić information content (AvgIpc) is 2.89. The van der Waals surface area contributed by atoms with E-state index in [1.165, 1.54) is 12.1 Å². The van der Waals surface area contributed by atoms with Gasteiger partial charge in [-0.3, -0.25) is 4.79 Å². The summed E-state index contributed by atoms with van der Waals surface area (Å²) in [7, 11) is 0. The van der Waals surface area contributed by atoms with Crippen LogP contribution in [0.3, 0.4) is 0 Å². The van der Waals surface area contributed by atoms with E-state index in [4.69, 9.17) is 10.8 Å². The van der Waals surface area contributed by atoms with Gasteiger partial charge in [-0.15, -0.1) is 0 Å². The van der Waals surface area contributed by atoms with E-state index in [1.807, 2.05) is 0 Å². The Balaban J connectivity index is 2.32. The van der Waals surface area contributed by atoms with Crippen molar-refractivity contribution < 1.29 is 19.1 Å². The fourth-order valence-electron chi connectivity index (χ4n) is 2.67. The molecule has 0 unspecified atom stereocenters. The van der Waals surface area contributed by atoms with Crippen molar-refractivity contribution in [3.05, 3.63) is 29.6 Å². The summed E-state index contributed by atoms with van der Waals surface area (Å²) in [6, 6.07) is 3.79. The largest absolute Gasteiger partial charge is 0.478 e. The molecule has 0 atom stereocenters. The number of rotatable bonds is 5. The lowest BCUT2D eigenvalue weighted by atomic mass is 10.1. The van der Waals surface area contributed by atoms with Crippen LogP contribution in [0.4, 0.5) is 10.1 Å². The van der Waals surface area contributed by atoms with Gasteiger partial charge in [0.1, 0.15) is 5.82 Å². The first kappa shape index (κ1) is 14.3. The zero-order valence-corrected chi connectivity index (χ0v) is 11.0. The molecule has 1 amide bonds. The first-order valence-electron chi connectivity index (χ1n) is 6.57. The van der Waals surface area contributed by atoms with Crippen molar-refractivity contribution in [2.75, 3.05) is 11.4 Å². The van der Waals surface area contributed by atoms with E-state index in [0.29, 0.717) is 0 Å². The van der Waals surface area contributed by atoms with Crippen LogP contribution >= 0.6 is 0 Å². The van der Waals surface area contributed by atoms with Crippen LogP contribution in [0, 0.1) is 5.82 Å². The molecule has 2 rings (SSSR count). The number of nitrogens with two attached hydrogens (primary N) is 1. The number of halogens is 1. The van der Waals surface area contributed by atoms with E-state index in [9.17, 15) is 14.0 Å². The van der Waals surface area contributed by atoms with Crippen LogP contribution in [-0.2, 0) is 4.79 Å². The third-order valence-corrected chi connectivity index (χ3v) is 3.60. The maximum absolute atomic E-state index is 14.1. The van der Waals surface area contributed by atoms with E-state index in [1.54, 1.807) is 4.90 Å². The number of primary amides is 1. The zero-order valence-electron chi connectivity index (χ0n) is 11.0. The number of carboxylic acid groups (broad SMARTS) is 1. The lowest BCUT2D eigenvalue weighted by molar-refractivity contribution is -0.116. The highest BCUT2D eigenvalue weighted by Crippen LogP contribution is 2.30. The number of benzene rings is 1. The van der Waals surface area contributed by atoms with Gasteiger partial charge in [-0.05, 0) is 31.0 Å². The van der Waals surface area contributed by atoms with Gasteiger partial charge in [0.15, 0.2) is 0 Å². The molecule has 1 aromatic carbocycles. The Labute approximate surface area is 116 Å². The second-order valence-corrected chi connectivity index (χ2v) is 5.00. The highest BCUT2D eigenvalue weighted by molar-refractivity contribution is 5.88. The first-order chi connectivity index (χ1) is 9.49. The molecule has 0 spiro atoms. The van der Waals surface area contributed by atoms with Crippen LogP contribution in [0.1, 0.15) is 36.0 Å². The van der Waals surface area contributed by atoms with Crippen LogP contribution in [0.15, 0.2) is 18.2 Å². The van der Waals surface area contributed by atoms with E-state index in [2.05, 4.69) is 0 Å². The number of carbonyl (C=O) groups excluding carboxylic acids is 1. The SMILES string of the molecule is NC(=O)CN(c1ccc(C(=O)O)cc1F)C1CCCC1. The highest BCUT2D eigenvalue weighted by atomic mass is 19.1. The molecule has 1 aromatic rings. The molecular formula is C14H17FN2O3. The summed E-state index contributed by atoms with van der Waals surface area (Å²) >= 11 is 0. The van der Waals surface area contributed by atoms with E-state index < -0.39 is 17.7 Å². The Hall–Kier alpha value is -2.11. The number of aromatic carboxylic acids is 1. The molecule has 1 aliphatic carbocycles. The third-order valence-electron chi connectivity index (χ3n) is 3.60. The minimum Gasteiger partial charge on any atom is -0.478 e. The quantitative estimate of drug-likeness (QED) is 0.860. The average molecular weight is 280 g/mol. The number of carboxylic acids is 1. The zero-order chi connectivity index (χ0) is 14.7. The van der Waals surface area contributed by atoms with Crippen LogP contribution in [0.2, 0.25) is 0 Å². The fraction of sp³-hybridized carbons (Fsp3) is 0.429. The molecule has 6 heteroatoms. The normalized spacial score (nSPS) is 15.2. The lowest BCUT2D eigenvalue weighted by Gasteiger charge is -2.30. The Morgan fingerprint density at radius 2 is 2.00 bits per heavy atom. The minimum atomic E-state index is -1.18. The van der Waals surface area contributed by atoms with Gasteiger partial charge >= 0.3 is 5.97 Å². The molecule has 0 aromatic heterocycles. The molecule has 108 valence electrons. The van der Waals surface area contributed by atoms with E-state index in [-0.39, 0.29) is 23.8 Å². The van der Waals surface area contributed by atoms with Crippen molar-refractivity contribution >= 4 is 17.6 Å². The summed E-state index contributed by atoms with van der Waals surface area (Å²) in [4.78, 5) is 23.7. The van der Waals surface area contributed by atoms with Gasteiger partial charge in [-0.1, -0.05) is 12.8 Å². The van der Waals surface area contributed by atoms with Crippen LogP contribution in [-0.4, -0.2) is 29.6 Å². The number of hydrogen-bond donors (Lipinski definition) is 2. The van der Waals surface area contributed by atoms with Crippen molar-refractivity contribution in [2.45, 2.75) is 31.7 Å². The molecule has 1 aliphatic rings. The fourth-order valence-corrected chi connectivity index (χ4v) is 2.67. The standard InChI is InChI=1S/C14H17FN2O3/c15-11-7-9(14(19)20)5-6-12(11)17(8-13(16)18)10-3-1-2-4-10/h5-7,10H,1-4,8H2,(H2,16,18)(H,19,20). The van der Waals surface area contributed by atoms with Gasteiger partial charge in [0.25, 0.3) is 0 Å². The lowest BCUT2D eigenvalue weighted by Crippen LogP contribution is -2.40. The van der Waals surface area contributed by atoms with Crippen molar-refractivity contribution in [1.29, 1.82) is 0 Å². The van der Waals surface area contributed by atoms with Gasteiger partial charge in [-0.25, -0.2) is 9.18 Å². The van der Waals surface area contributed by atoms with Gasteiger partial charge < -0.3 is 15.7 Å². The van der Waals surface area contributed by atoms with Crippen LogP contribution < -0.4 is 10.6 Å². The Kier molecular flexibility index (Phi) is 4.22. The molecule has 20 heavy (non-hydrogen) atoms. The Bertz CT molecular complexity index is 527. The number of anilines is 1. The predicted molar refractivity (Wildman–Crippen MR) is 72.2 cm³/mol. The smallest absolute Gasteiger partial charge is 0.335 e. The molecule has 0 bridgehead atoms. The van der Waals surface area contributed by atoms with Crippen LogP contribution in [0.25, 0.3) is 0 Å². The maximum atomic E-state index is 14.1. The van der Waals surface area contributed by atoms with E-state index >= 15 is 0 Å². The molecule has 1 fully saturated rings. The van der Waals surface area contributed by atoms with Crippen molar-refractivity contribution in [1.82, 2.24) is 0 Å². The van der Waals surface area contributed by atoms with Gasteiger partial charge in [-0.2, -0.15) is 0 Å². The third kappa shape index (κ3) is 3.07. The molecule has 0 heterocycles. The topological polar surface area (TPSA) is 83.6 Å².